The summed E-state index contributed by atoms with van der Waals surface area (Å²) in [6.45, 7) is 6.26. The lowest BCUT2D eigenvalue weighted by atomic mass is 10.0. The minimum Gasteiger partial charge on any atom is -0.490 e. The Morgan fingerprint density at radius 2 is 1.72 bits per heavy atom. The van der Waals surface area contributed by atoms with E-state index in [0.717, 1.165) is 26.1 Å². The van der Waals surface area contributed by atoms with Gasteiger partial charge in [0.1, 0.15) is 12.2 Å². The Morgan fingerprint density at radius 1 is 0.944 bits per heavy atom. The number of aryl methyl sites for hydroxylation is 2. The van der Waals surface area contributed by atoms with Crippen LogP contribution in [0.25, 0.3) is 6.08 Å². The first kappa shape index (κ1) is 25.2. The highest BCUT2D eigenvalue weighted by molar-refractivity contribution is 9.10. The average molecular weight is 549 g/mol. The second-order valence-corrected chi connectivity index (χ2v) is 9.12. The normalized spacial score (nSPS) is 14.7. The second kappa shape index (κ2) is 10.8. The van der Waals surface area contributed by atoms with Crippen LogP contribution in [-0.4, -0.2) is 24.5 Å². The maximum Gasteiger partial charge on any atom is 0.335 e. The number of barbiturate groups is 1. The predicted octanol–water partition coefficient (Wildman–Crippen LogP) is 5.71. The third-order valence-electron chi connectivity index (χ3n) is 5.63. The number of hydrogen-bond acceptors (Lipinski definition) is 5. The van der Waals surface area contributed by atoms with E-state index in [9.17, 15) is 14.4 Å². The van der Waals surface area contributed by atoms with Gasteiger partial charge in [-0.05, 0) is 67.8 Å². The van der Waals surface area contributed by atoms with Crippen LogP contribution in [0.15, 0.2) is 70.7 Å². The van der Waals surface area contributed by atoms with Gasteiger partial charge in [0.25, 0.3) is 11.8 Å². The van der Waals surface area contributed by atoms with Crippen molar-refractivity contribution in [1.82, 2.24) is 5.32 Å². The van der Waals surface area contributed by atoms with Crippen molar-refractivity contribution in [3.8, 4) is 11.5 Å². The average Bonchev–Trinajstić information content (AvgIpc) is 2.84. The van der Waals surface area contributed by atoms with Crippen LogP contribution in [0.4, 0.5) is 10.5 Å². The van der Waals surface area contributed by atoms with Crippen LogP contribution >= 0.6 is 15.9 Å². The lowest BCUT2D eigenvalue weighted by molar-refractivity contribution is -0.122. The number of urea groups is 1. The van der Waals surface area contributed by atoms with Crippen molar-refractivity contribution in [1.29, 1.82) is 0 Å². The van der Waals surface area contributed by atoms with Crippen LogP contribution in [0.2, 0.25) is 0 Å². The fourth-order valence-electron chi connectivity index (χ4n) is 3.78. The van der Waals surface area contributed by atoms with Crippen LogP contribution in [0, 0.1) is 13.8 Å². The Labute approximate surface area is 217 Å². The Bertz CT molecular complexity index is 1380. The SMILES string of the molecule is CCOc1cc(/C=C2\C(=O)NC(=O)N(c3cc(C)ccc3C)C2=O)ccc1OCc1ccccc1Br. The zero-order valence-corrected chi connectivity index (χ0v) is 21.7. The predicted molar refractivity (Wildman–Crippen MR) is 141 cm³/mol. The van der Waals surface area contributed by atoms with Gasteiger partial charge in [-0.15, -0.1) is 0 Å². The maximum absolute atomic E-state index is 13.3. The number of carbonyl (C=O) groups excluding carboxylic acids is 3. The fraction of sp³-hybridized carbons (Fsp3) is 0.179. The van der Waals surface area contributed by atoms with E-state index in [0.29, 0.717) is 36.0 Å². The Morgan fingerprint density at radius 3 is 2.47 bits per heavy atom. The van der Waals surface area contributed by atoms with E-state index in [-0.39, 0.29) is 5.57 Å². The molecule has 0 unspecified atom stereocenters. The number of ether oxygens (including phenoxy) is 2. The molecule has 3 aromatic rings. The zero-order chi connectivity index (χ0) is 25.8. The number of nitrogens with one attached hydrogen (secondary N) is 1. The van der Waals surface area contributed by atoms with Gasteiger partial charge >= 0.3 is 6.03 Å². The van der Waals surface area contributed by atoms with Crippen molar-refractivity contribution in [3.05, 3.63) is 93.0 Å². The minimum absolute atomic E-state index is 0.153. The molecule has 8 heteroatoms. The molecule has 0 aromatic heterocycles. The standard InChI is InChI=1S/C28H25BrN2O5/c1-4-35-25-15-19(11-12-24(25)36-16-20-7-5-6-8-22(20)29)14-21-26(32)30-28(34)31(27(21)33)23-13-17(2)9-10-18(23)3/h5-15H,4,16H2,1-3H3,(H,30,32,34)/b21-14+. The summed E-state index contributed by atoms with van der Waals surface area (Å²) in [6, 6.07) is 17.6. The summed E-state index contributed by atoms with van der Waals surface area (Å²) >= 11 is 3.51. The van der Waals surface area contributed by atoms with Gasteiger partial charge in [0, 0.05) is 10.0 Å². The number of carbonyl (C=O) groups is 3. The first-order chi connectivity index (χ1) is 17.3. The summed E-state index contributed by atoms with van der Waals surface area (Å²) < 4.78 is 12.7. The molecule has 1 fully saturated rings. The summed E-state index contributed by atoms with van der Waals surface area (Å²) in [5.41, 5.74) is 3.44. The van der Waals surface area contributed by atoms with E-state index in [2.05, 4.69) is 21.2 Å². The first-order valence-corrected chi connectivity index (χ1v) is 12.2. The number of rotatable bonds is 7. The fourth-order valence-corrected chi connectivity index (χ4v) is 4.18. The molecule has 1 saturated heterocycles. The van der Waals surface area contributed by atoms with E-state index >= 15 is 0 Å². The van der Waals surface area contributed by atoms with Gasteiger partial charge in [-0.2, -0.15) is 0 Å². The summed E-state index contributed by atoms with van der Waals surface area (Å²) in [7, 11) is 0. The lowest BCUT2D eigenvalue weighted by Crippen LogP contribution is -2.54. The minimum atomic E-state index is -0.776. The molecule has 0 atom stereocenters. The third kappa shape index (κ3) is 5.33. The van der Waals surface area contributed by atoms with Gasteiger partial charge in [-0.1, -0.05) is 52.3 Å². The molecule has 1 N–H and O–H groups in total. The molecule has 7 nitrogen and oxygen atoms in total. The quantitative estimate of drug-likeness (QED) is 0.302. The van der Waals surface area contributed by atoms with Gasteiger partial charge in [0.2, 0.25) is 0 Å². The lowest BCUT2D eigenvalue weighted by Gasteiger charge is -2.27. The van der Waals surface area contributed by atoms with Crippen molar-refractivity contribution in [2.45, 2.75) is 27.4 Å². The number of hydrogen-bond donors (Lipinski definition) is 1. The smallest absolute Gasteiger partial charge is 0.335 e. The van der Waals surface area contributed by atoms with E-state index in [1.165, 1.54) is 6.08 Å². The summed E-state index contributed by atoms with van der Waals surface area (Å²) in [4.78, 5) is 39.5. The van der Waals surface area contributed by atoms with Gasteiger partial charge in [-0.3, -0.25) is 14.9 Å². The number of nitrogens with zero attached hydrogens (tertiary/aromatic N) is 1. The first-order valence-electron chi connectivity index (χ1n) is 11.4. The van der Waals surface area contributed by atoms with Gasteiger partial charge in [0.05, 0.1) is 12.3 Å². The van der Waals surface area contributed by atoms with Crippen LogP contribution in [0.1, 0.15) is 29.2 Å². The molecule has 184 valence electrons. The van der Waals surface area contributed by atoms with Crippen LogP contribution in [0.5, 0.6) is 11.5 Å². The molecule has 4 amide bonds. The van der Waals surface area contributed by atoms with Crippen molar-refractivity contribution < 1.29 is 23.9 Å². The number of halogens is 1. The van der Waals surface area contributed by atoms with E-state index < -0.39 is 17.8 Å². The van der Waals surface area contributed by atoms with E-state index in [1.807, 2.05) is 50.2 Å². The highest BCUT2D eigenvalue weighted by Gasteiger charge is 2.37. The largest absolute Gasteiger partial charge is 0.490 e. The third-order valence-corrected chi connectivity index (χ3v) is 6.40. The maximum atomic E-state index is 13.3. The molecule has 1 aliphatic heterocycles. The molecule has 36 heavy (non-hydrogen) atoms. The Balaban J connectivity index is 1.64. The Kier molecular flexibility index (Phi) is 7.55. The topological polar surface area (TPSA) is 84.9 Å². The van der Waals surface area contributed by atoms with Gasteiger partial charge < -0.3 is 9.47 Å². The molecule has 0 bridgehead atoms. The molecular weight excluding hydrogens is 524 g/mol. The zero-order valence-electron chi connectivity index (χ0n) is 20.1. The van der Waals surface area contributed by atoms with Crippen molar-refractivity contribution in [3.63, 3.8) is 0 Å². The molecule has 3 aromatic carbocycles. The highest BCUT2D eigenvalue weighted by Crippen LogP contribution is 2.32. The molecule has 0 spiro atoms. The molecule has 0 radical (unpaired) electrons. The molecule has 1 aliphatic rings. The van der Waals surface area contributed by atoms with Gasteiger partial charge in [-0.25, -0.2) is 9.69 Å². The molecular formula is C28H25BrN2O5. The summed E-state index contributed by atoms with van der Waals surface area (Å²) in [5, 5.41) is 2.27. The van der Waals surface area contributed by atoms with Crippen molar-refractivity contribution in [2.24, 2.45) is 0 Å². The number of imide groups is 2. The highest BCUT2D eigenvalue weighted by atomic mass is 79.9. The Hall–Kier alpha value is -3.91. The van der Waals surface area contributed by atoms with Crippen LogP contribution in [-0.2, 0) is 16.2 Å². The van der Waals surface area contributed by atoms with E-state index in [1.54, 1.807) is 31.2 Å². The van der Waals surface area contributed by atoms with Crippen molar-refractivity contribution >= 4 is 45.5 Å². The molecule has 4 rings (SSSR count). The molecule has 0 aliphatic carbocycles. The summed E-state index contributed by atoms with van der Waals surface area (Å²) in [6.07, 6.45) is 1.45. The number of anilines is 1. The van der Waals surface area contributed by atoms with Crippen molar-refractivity contribution in [2.75, 3.05) is 11.5 Å². The van der Waals surface area contributed by atoms with Gasteiger partial charge in [0.15, 0.2) is 11.5 Å². The molecule has 0 saturated carbocycles. The summed E-state index contributed by atoms with van der Waals surface area (Å²) in [5.74, 6) is -0.435. The number of benzene rings is 3. The monoisotopic (exact) mass is 548 g/mol. The van der Waals surface area contributed by atoms with E-state index in [4.69, 9.17) is 9.47 Å². The molecule has 1 heterocycles. The number of amides is 4. The van der Waals surface area contributed by atoms with Crippen LogP contribution in [0.3, 0.4) is 0 Å². The van der Waals surface area contributed by atoms with Crippen LogP contribution < -0.4 is 19.7 Å². The second-order valence-electron chi connectivity index (χ2n) is 8.27.